The number of aromatic hydroxyl groups is 1. The molecule has 1 amide bonds. The molecule has 1 heterocycles. The molecular weight excluding hydrogens is 336 g/mol. The topological polar surface area (TPSA) is 97.8 Å². The lowest BCUT2D eigenvalue weighted by atomic mass is 10.1. The van der Waals surface area contributed by atoms with E-state index in [1.54, 1.807) is 52.1 Å². The van der Waals surface area contributed by atoms with E-state index in [1.807, 2.05) is 6.07 Å². The Hall–Kier alpha value is -2.83. The summed E-state index contributed by atoms with van der Waals surface area (Å²) in [5.41, 5.74) is 0.766. The number of rotatable bonds is 5. The van der Waals surface area contributed by atoms with Gasteiger partial charge in [-0.1, -0.05) is 0 Å². The van der Waals surface area contributed by atoms with Crippen molar-refractivity contribution < 1.29 is 24.2 Å². The van der Waals surface area contributed by atoms with Crippen molar-refractivity contribution >= 4 is 23.0 Å². The number of amides is 1. The van der Waals surface area contributed by atoms with Crippen molar-refractivity contribution in [2.45, 2.75) is 45.8 Å². The lowest BCUT2D eigenvalue weighted by molar-refractivity contribution is -0.145. The van der Waals surface area contributed by atoms with Crippen LogP contribution in [0, 0.1) is 0 Å². The summed E-state index contributed by atoms with van der Waals surface area (Å²) in [7, 11) is 0. The molecule has 2 aromatic rings. The summed E-state index contributed by atoms with van der Waals surface area (Å²) >= 11 is 0. The van der Waals surface area contributed by atoms with E-state index >= 15 is 0 Å². The van der Waals surface area contributed by atoms with Gasteiger partial charge in [0, 0.05) is 18.0 Å². The van der Waals surface area contributed by atoms with Crippen LogP contribution in [0.3, 0.4) is 0 Å². The van der Waals surface area contributed by atoms with Gasteiger partial charge in [0.15, 0.2) is 0 Å². The number of hydrogen-bond acceptors (Lipinski definition) is 6. The van der Waals surface area contributed by atoms with Crippen LogP contribution in [0.4, 0.5) is 4.79 Å². The molecule has 140 valence electrons. The molecule has 0 saturated heterocycles. The van der Waals surface area contributed by atoms with Gasteiger partial charge in [0.2, 0.25) is 0 Å². The van der Waals surface area contributed by atoms with Gasteiger partial charge in [0.25, 0.3) is 0 Å². The van der Waals surface area contributed by atoms with Gasteiger partial charge >= 0.3 is 12.1 Å². The summed E-state index contributed by atoms with van der Waals surface area (Å²) < 4.78 is 10.3. The van der Waals surface area contributed by atoms with Gasteiger partial charge in [-0.25, -0.2) is 9.59 Å². The maximum atomic E-state index is 12.2. The fourth-order valence-corrected chi connectivity index (χ4v) is 2.40. The van der Waals surface area contributed by atoms with E-state index in [4.69, 9.17) is 9.47 Å². The lowest BCUT2D eigenvalue weighted by Gasteiger charge is -2.23. The zero-order valence-electron chi connectivity index (χ0n) is 15.4. The summed E-state index contributed by atoms with van der Waals surface area (Å²) in [4.78, 5) is 28.6. The Labute approximate surface area is 152 Å². The molecule has 2 N–H and O–H groups in total. The van der Waals surface area contributed by atoms with Crippen molar-refractivity contribution in [1.82, 2.24) is 10.3 Å². The molecule has 7 heteroatoms. The van der Waals surface area contributed by atoms with Crippen molar-refractivity contribution in [3.8, 4) is 5.75 Å². The molecule has 1 aromatic carbocycles. The number of fused-ring (bicyclic) bond motifs is 1. The monoisotopic (exact) mass is 360 g/mol. The Balaban J connectivity index is 2.20. The van der Waals surface area contributed by atoms with Crippen molar-refractivity contribution in [2.24, 2.45) is 0 Å². The van der Waals surface area contributed by atoms with Gasteiger partial charge in [-0.3, -0.25) is 4.98 Å². The van der Waals surface area contributed by atoms with Crippen molar-refractivity contribution in [3.05, 3.63) is 36.0 Å². The predicted octanol–water partition coefficient (Wildman–Crippen LogP) is 2.94. The number of aromatic nitrogens is 1. The number of ether oxygens (including phenoxy) is 2. The highest BCUT2D eigenvalue weighted by atomic mass is 16.6. The number of alkyl carbamates (subject to hydrolysis) is 1. The third-order valence-corrected chi connectivity index (χ3v) is 3.42. The van der Waals surface area contributed by atoms with E-state index in [-0.39, 0.29) is 18.8 Å². The SMILES string of the molecule is CCOC(=O)[C@H](Cc1cnc2ccc(O)cc2c1)NC(=O)OC(C)(C)C. The highest BCUT2D eigenvalue weighted by Gasteiger charge is 2.25. The van der Waals surface area contributed by atoms with Gasteiger partial charge in [-0.15, -0.1) is 0 Å². The van der Waals surface area contributed by atoms with Crippen LogP contribution in [-0.4, -0.2) is 40.4 Å². The molecule has 0 aliphatic carbocycles. The minimum atomic E-state index is -0.902. The van der Waals surface area contributed by atoms with E-state index in [9.17, 15) is 14.7 Å². The highest BCUT2D eigenvalue weighted by Crippen LogP contribution is 2.20. The molecule has 7 nitrogen and oxygen atoms in total. The molecule has 0 bridgehead atoms. The summed E-state index contributed by atoms with van der Waals surface area (Å²) in [5, 5.41) is 12.9. The number of hydrogen-bond donors (Lipinski definition) is 2. The molecule has 1 atom stereocenters. The molecule has 0 radical (unpaired) electrons. The quantitative estimate of drug-likeness (QED) is 0.796. The number of carbonyl (C=O) groups is 2. The van der Waals surface area contributed by atoms with E-state index in [2.05, 4.69) is 10.3 Å². The van der Waals surface area contributed by atoms with E-state index in [0.29, 0.717) is 0 Å². The highest BCUT2D eigenvalue weighted by molar-refractivity contribution is 5.83. The summed E-state index contributed by atoms with van der Waals surface area (Å²) in [6.07, 6.45) is 1.13. The number of nitrogens with zero attached hydrogens (tertiary/aromatic N) is 1. The van der Waals surface area contributed by atoms with Gasteiger partial charge in [0.1, 0.15) is 17.4 Å². The van der Waals surface area contributed by atoms with Gasteiger partial charge in [-0.05, 0) is 57.5 Å². The van der Waals surface area contributed by atoms with Crippen molar-refractivity contribution in [2.75, 3.05) is 6.61 Å². The Bertz CT molecular complexity index is 798. The molecular formula is C19H24N2O5. The number of phenols is 1. The summed E-state index contributed by atoms with van der Waals surface area (Å²) in [6.45, 7) is 7.13. The Morgan fingerprint density at radius 1 is 1.27 bits per heavy atom. The van der Waals surface area contributed by atoms with Crippen LogP contribution in [0.15, 0.2) is 30.5 Å². The molecule has 2 rings (SSSR count). The molecule has 0 fully saturated rings. The minimum absolute atomic E-state index is 0.130. The van der Waals surface area contributed by atoms with Crippen molar-refractivity contribution in [3.63, 3.8) is 0 Å². The largest absolute Gasteiger partial charge is 0.508 e. The standard InChI is InChI=1S/C19H24N2O5/c1-5-25-17(23)16(21-18(24)26-19(2,3)4)9-12-8-13-10-14(22)6-7-15(13)20-11-12/h6-8,10-11,16,22H,5,9H2,1-4H3,(H,21,24)/t16-/m0/s1. The average molecular weight is 360 g/mol. The predicted molar refractivity (Wildman–Crippen MR) is 96.9 cm³/mol. The Morgan fingerprint density at radius 3 is 2.65 bits per heavy atom. The normalized spacial score (nSPS) is 12.5. The Kier molecular flexibility index (Phi) is 6.02. The number of phenolic OH excluding ortho intramolecular Hbond substituents is 1. The molecule has 0 saturated carbocycles. The maximum absolute atomic E-state index is 12.2. The number of esters is 1. The molecule has 0 aliphatic rings. The van der Waals surface area contributed by atoms with Gasteiger partial charge < -0.3 is 19.9 Å². The maximum Gasteiger partial charge on any atom is 0.408 e. The number of pyridine rings is 1. The van der Waals surface area contributed by atoms with E-state index in [0.717, 1.165) is 16.5 Å². The third kappa shape index (κ3) is 5.61. The third-order valence-electron chi connectivity index (χ3n) is 3.42. The zero-order valence-corrected chi connectivity index (χ0v) is 15.4. The van der Waals surface area contributed by atoms with Gasteiger partial charge in [-0.2, -0.15) is 0 Å². The van der Waals surface area contributed by atoms with Crippen molar-refractivity contribution in [1.29, 1.82) is 0 Å². The van der Waals surface area contributed by atoms with Crippen LogP contribution in [0.1, 0.15) is 33.3 Å². The molecule has 0 spiro atoms. The fourth-order valence-electron chi connectivity index (χ4n) is 2.40. The summed E-state index contributed by atoms with van der Waals surface area (Å²) in [6, 6.07) is 5.76. The molecule has 1 aromatic heterocycles. The first-order valence-corrected chi connectivity index (χ1v) is 8.42. The molecule has 0 aliphatic heterocycles. The van der Waals surface area contributed by atoms with Crippen LogP contribution in [0.5, 0.6) is 5.75 Å². The van der Waals surface area contributed by atoms with E-state index in [1.165, 1.54) is 0 Å². The zero-order chi connectivity index (χ0) is 19.3. The first kappa shape index (κ1) is 19.5. The second-order valence-corrected chi connectivity index (χ2v) is 6.88. The van der Waals surface area contributed by atoms with Crippen LogP contribution in [0.2, 0.25) is 0 Å². The van der Waals surface area contributed by atoms with Crippen LogP contribution < -0.4 is 5.32 Å². The second-order valence-electron chi connectivity index (χ2n) is 6.88. The van der Waals surface area contributed by atoms with Crippen LogP contribution in [-0.2, 0) is 20.7 Å². The van der Waals surface area contributed by atoms with Crippen LogP contribution in [0.25, 0.3) is 10.9 Å². The second kappa shape index (κ2) is 8.03. The molecule has 26 heavy (non-hydrogen) atoms. The minimum Gasteiger partial charge on any atom is -0.508 e. The number of nitrogens with one attached hydrogen (secondary N) is 1. The van der Waals surface area contributed by atoms with Crippen LogP contribution >= 0.6 is 0 Å². The first-order chi connectivity index (χ1) is 12.2. The average Bonchev–Trinajstić information content (AvgIpc) is 2.52. The number of carbonyl (C=O) groups excluding carboxylic acids is 2. The van der Waals surface area contributed by atoms with Gasteiger partial charge in [0.05, 0.1) is 12.1 Å². The molecule has 0 unspecified atom stereocenters. The number of benzene rings is 1. The van der Waals surface area contributed by atoms with E-state index < -0.39 is 23.7 Å². The Morgan fingerprint density at radius 2 is 2.00 bits per heavy atom. The smallest absolute Gasteiger partial charge is 0.408 e. The first-order valence-electron chi connectivity index (χ1n) is 8.42. The fraction of sp³-hybridized carbons (Fsp3) is 0.421. The summed E-state index contributed by atoms with van der Waals surface area (Å²) in [5.74, 6) is -0.417. The lowest BCUT2D eigenvalue weighted by Crippen LogP contribution is -2.45.